The van der Waals surface area contributed by atoms with E-state index >= 15 is 0 Å². The number of carboxylic acids is 1. The Kier molecular flexibility index (Phi) is 17.0. The van der Waals surface area contributed by atoms with E-state index in [1.807, 2.05) is 0 Å². The van der Waals surface area contributed by atoms with Gasteiger partial charge in [0.05, 0.1) is 6.61 Å². The Morgan fingerprint density at radius 2 is 1.27 bits per heavy atom. The number of hydrogen-bond acceptors (Lipinski definition) is 3. The minimum atomic E-state index is -0.683. The van der Waals surface area contributed by atoms with Gasteiger partial charge in [-0.25, -0.2) is 4.89 Å². The van der Waals surface area contributed by atoms with Crippen LogP contribution < -0.4 is 0 Å². The molecule has 0 bridgehead atoms. The molecule has 0 heterocycles. The van der Waals surface area contributed by atoms with Gasteiger partial charge < -0.3 is 5.11 Å². The van der Waals surface area contributed by atoms with Crippen LogP contribution in [0, 0.1) is 0 Å². The Morgan fingerprint density at radius 3 is 1.82 bits per heavy atom. The fourth-order valence-electron chi connectivity index (χ4n) is 2.20. The van der Waals surface area contributed by atoms with E-state index in [1.165, 1.54) is 19.3 Å². The molecule has 0 saturated carbocycles. The van der Waals surface area contributed by atoms with E-state index in [9.17, 15) is 4.79 Å². The maximum Gasteiger partial charge on any atom is 0.303 e. The molecule has 0 radical (unpaired) electrons. The number of allylic oxidation sites excluding steroid dienone is 4. The van der Waals surface area contributed by atoms with E-state index < -0.39 is 5.97 Å². The predicted molar refractivity (Wildman–Crippen MR) is 89.9 cm³/mol. The molecule has 0 aliphatic heterocycles. The number of hydrogen-bond donors (Lipinski definition) is 2. The van der Waals surface area contributed by atoms with Crippen LogP contribution in [-0.4, -0.2) is 22.9 Å². The molecule has 4 heteroatoms. The van der Waals surface area contributed by atoms with E-state index in [1.54, 1.807) is 0 Å². The van der Waals surface area contributed by atoms with Gasteiger partial charge in [0.1, 0.15) is 0 Å². The predicted octanol–water partition coefficient (Wildman–Crippen LogP) is 5.35. The van der Waals surface area contributed by atoms with E-state index in [0.29, 0.717) is 13.0 Å². The van der Waals surface area contributed by atoms with E-state index in [4.69, 9.17) is 10.4 Å². The van der Waals surface area contributed by atoms with Crippen molar-refractivity contribution in [3.8, 4) is 0 Å². The van der Waals surface area contributed by atoms with Gasteiger partial charge in [0.25, 0.3) is 0 Å². The maximum atomic E-state index is 10.3. The van der Waals surface area contributed by atoms with Crippen molar-refractivity contribution in [1.29, 1.82) is 0 Å². The van der Waals surface area contributed by atoms with Gasteiger partial charge in [-0.3, -0.25) is 10.1 Å². The van der Waals surface area contributed by atoms with Crippen molar-refractivity contribution in [3.05, 3.63) is 24.3 Å². The van der Waals surface area contributed by atoms with Crippen molar-refractivity contribution < 1.29 is 20.0 Å². The van der Waals surface area contributed by atoms with Crippen LogP contribution >= 0.6 is 0 Å². The van der Waals surface area contributed by atoms with Crippen molar-refractivity contribution >= 4 is 5.97 Å². The molecular weight excluding hydrogens is 280 g/mol. The second-order valence-corrected chi connectivity index (χ2v) is 5.59. The molecule has 0 saturated heterocycles. The minimum absolute atomic E-state index is 0.310. The van der Waals surface area contributed by atoms with Gasteiger partial charge in [0.15, 0.2) is 0 Å². The summed E-state index contributed by atoms with van der Waals surface area (Å²) in [6, 6.07) is 0. The molecule has 0 fully saturated rings. The molecule has 0 rings (SSSR count). The van der Waals surface area contributed by atoms with Crippen LogP contribution in [-0.2, 0) is 9.68 Å². The molecule has 0 aliphatic carbocycles. The van der Waals surface area contributed by atoms with Crippen molar-refractivity contribution in [2.75, 3.05) is 6.61 Å². The highest BCUT2D eigenvalue weighted by Gasteiger charge is 1.96. The van der Waals surface area contributed by atoms with Gasteiger partial charge in [-0.2, -0.15) is 0 Å². The Hall–Kier alpha value is -1.13. The van der Waals surface area contributed by atoms with Gasteiger partial charge in [0, 0.05) is 6.42 Å². The number of carbonyl (C=O) groups is 1. The third-order valence-corrected chi connectivity index (χ3v) is 3.50. The van der Waals surface area contributed by atoms with Crippen LogP contribution in [0.2, 0.25) is 0 Å². The third kappa shape index (κ3) is 18.9. The molecule has 0 amide bonds. The summed E-state index contributed by atoms with van der Waals surface area (Å²) in [7, 11) is 0. The molecule has 0 aliphatic rings. The summed E-state index contributed by atoms with van der Waals surface area (Å²) in [5.41, 5.74) is 0. The van der Waals surface area contributed by atoms with Gasteiger partial charge in [-0.15, -0.1) is 0 Å². The fourth-order valence-corrected chi connectivity index (χ4v) is 2.20. The van der Waals surface area contributed by atoms with Gasteiger partial charge >= 0.3 is 5.97 Å². The molecular formula is C18H32O4. The lowest BCUT2D eigenvalue weighted by Gasteiger charge is -1.99. The maximum absolute atomic E-state index is 10.3. The average molecular weight is 312 g/mol. The Morgan fingerprint density at radius 1 is 0.773 bits per heavy atom. The highest BCUT2D eigenvalue weighted by atomic mass is 17.1. The Labute approximate surface area is 134 Å². The number of unbranched alkanes of at least 4 members (excludes halogenated alkanes) is 9. The van der Waals surface area contributed by atoms with E-state index in [2.05, 4.69) is 29.2 Å². The summed E-state index contributed by atoms with van der Waals surface area (Å²) in [6.07, 6.45) is 20.9. The van der Waals surface area contributed by atoms with Gasteiger partial charge in [0.2, 0.25) is 0 Å². The first-order valence-electron chi connectivity index (χ1n) is 8.57. The smallest absolute Gasteiger partial charge is 0.303 e. The first-order chi connectivity index (χ1) is 10.8. The monoisotopic (exact) mass is 312 g/mol. The zero-order valence-electron chi connectivity index (χ0n) is 13.7. The SMILES string of the molecule is O=C(O)CCCCCCCCC=CC=CCCCCCOO. The summed E-state index contributed by atoms with van der Waals surface area (Å²) in [4.78, 5) is 14.4. The topological polar surface area (TPSA) is 66.8 Å². The lowest BCUT2D eigenvalue weighted by atomic mass is 10.1. The summed E-state index contributed by atoms with van der Waals surface area (Å²) >= 11 is 0. The van der Waals surface area contributed by atoms with Crippen molar-refractivity contribution in [2.24, 2.45) is 0 Å². The lowest BCUT2D eigenvalue weighted by molar-refractivity contribution is -0.242. The van der Waals surface area contributed by atoms with Crippen molar-refractivity contribution in [3.63, 3.8) is 0 Å². The minimum Gasteiger partial charge on any atom is -0.481 e. The number of aliphatic carboxylic acids is 1. The van der Waals surface area contributed by atoms with Crippen molar-refractivity contribution in [1.82, 2.24) is 0 Å². The molecule has 2 N–H and O–H groups in total. The standard InChI is InChI=1S/C18H32O4/c19-18(20)16-14-12-10-8-6-4-2-1-3-5-7-9-11-13-15-17-22-21/h1,3,5,7,21H,2,4,6,8-17H2,(H,19,20). The summed E-state index contributed by atoms with van der Waals surface area (Å²) < 4.78 is 0. The Balaban J connectivity index is 3.18. The summed E-state index contributed by atoms with van der Waals surface area (Å²) in [6.45, 7) is 0.434. The van der Waals surface area contributed by atoms with Gasteiger partial charge in [-0.05, 0) is 38.5 Å². The molecule has 22 heavy (non-hydrogen) atoms. The molecule has 0 spiro atoms. The molecule has 0 aromatic heterocycles. The molecule has 0 aromatic rings. The highest BCUT2D eigenvalue weighted by Crippen LogP contribution is 2.09. The van der Waals surface area contributed by atoms with Crippen LogP contribution in [0.4, 0.5) is 0 Å². The lowest BCUT2D eigenvalue weighted by Crippen LogP contribution is -1.93. The second-order valence-electron chi connectivity index (χ2n) is 5.59. The fraction of sp³-hybridized carbons (Fsp3) is 0.722. The molecule has 0 unspecified atom stereocenters. The van der Waals surface area contributed by atoms with Crippen LogP contribution in [0.25, 0.3) is 0 Å². The van der Waals surface area contributed by atoms with Crippen LogP contribution in [0.3, 0.4) is 0 Å². The van der Waals surface area contributed by atoms with E-state index in [-0.39, 0.29) is 0 Å². The molecule has 4 nitrogen and oxygen atoms in total. The second kappa shape index (κ2) is 17.9. The molecule has 128 valence electrons. The first-order valence-corrected chi connectivity index (χ1v) is 8.57. The van der Waals surface area contributed by atoms with E-state index in [0.717, 1.165) is 51.4 Å². The summed E-state index contributed by atoms with van der Waals surface area (Å²) in [5, 5.41) is 16.7. The number of rotatable bonds is 16. The first kappa shape index (κ1) is 20.9. The van der Waals surface area contributed by atoms with Gasteiger partial charge in [-0.1, -0.05) is 56.4 Å². The summed E-state index contributed by atoms with van der Waals surface area (Å²) in [5.74, 6) is -0.683. The van der Waals surface area contributed by atoms with Crippen LogP contribution in [0.1, 0.15) is 77.0 Å². The molecule has 0 atom stereocenters. The number of carboxylic acid groups (broad SMARTS) is 1. The zero-order chi connectivity index (χ0) is 16.3. The normalized spacial score (nSPS) is 11.7. The molecule has 0 aromatic carbocycles. The largest absolute Gasteiger partial charge is 0.481 e. The third-order valence-electron chi connectivity index (χ3n) is 3.50. The average Bonchev–Trinajstić information content (AvgIpc) is 2.50. The highest BCUT2D eigenvalue weighted by molar-refractivity contribution is 5.66. The van der Waals surface area contributed by atoms with Crippen molar-refractivity contribution in [2.45, 2.75) is 77.0 Å². The van der Waals surface area contributed by atoms with Crippen LogP contribution in [0.5, 0.6) is 0 Å². The zero-order valence-corrected chi connectivity index (χ0v) is 13.7. The van der Waals surface area contributed by atoms with Crippen LogP contribution in [0.15, 0.2) is 24.3 Å². The quantitative estimate of drug-likeness (QED) is 0.174. The Bertz CT molecular complexity index is 297.